The van der Waals surface area contributed by atoms with Crippen molar-refractivity contribution >= 4 is 18.2 Å². The third kappa shape index (κ3) is 2.64. The van der Waals surface area contributed by atoms with Crippen LogP contribution in [0.3, 0.4) is 0 Å². The smallest absolute Gasteiger partial charge is 0.155 e. The van der Waals surface area contributed by atoms with Crippen LogP contribution in [0.15, 0.2) is 24.4 Å². The number of aromatic nitrogens is 3. The van der Waals surface area contributed by atoms with Crippen LogP contribution in [-0.2, 0) is 13.0 Å². The van der Waals surface area contributed by atoms with Crippen LogP contribution in [0.5, 0.6) is 0 Å². The van der Waals surface area contributed by atoms with Crippen LogP contribution in [0.2, 0.25) is 0 Å². The molecule has 0 aliphatic carbocycles. The fraction of sp³-hybridized carbons (Fsp3) is 0.429. The number of fused-ring (bicyclic) bond motifs is 1. The topological polar surface area (TPSA) is 60.0 Å². The average Bonchev–Trinajstić information content (AvgIpc) is 2.78. The van der Waals surface area contributed by atoms with Gasteiger partial charge in [-0.2, -0.15) is 9.78 Å². The summed E-state index contributed by atoms with van der Waals surface area (Å²) >= 11 is 0. The highest BCUT2D eigenvalue weighted by atomic mass is 35.5. The minimum absolute atomic E-state index is 0. The summed E-state index contributed by atoms with van der Waals surface area (Å²) < 4.78 is 1.76. The lowest BCUT2D eigenvalue weighted by Crippen LogP contribution is -2.31. The highest BCUT2D eigenvalue weighted by molar-refractivity contribution is 5.85. The molecule has 0 spiro atoms. The standard InChI is InChI=1S/C14H19N5.ClH/c1-2-8-18-9-6-12-11(10-18)14(15)19(17-12)13-5-3-4-7-16-13;/h3-5,7H,2,6,8-10,15H2,1H3;1H. The molecule has 2 aromatic rings. The number of hydrogen-bond acceptors (Lipinski definition) is 4. The van der Waals surface area contributed by atoms with Gasteiger partial charge in [0.25, 0.3) is 0 Å². The van der Waals surface area contributed by atoms with Crippen molar-refractivity contribution in [3.05, 3.63) is 35.7 Å². The van der Waals surface area contributed by atoms with E-state index in [1.54, 1.807) is 10.9 Å². The van der Waals surface area contributed by atoms with Crippen molar-refractivity contribution in [2.24, 2.45) is 0 Å². The Labute approximate surface area is 125 Å². The van der Waals surface area contributed by atoms with Crippen molar-refractivity contribution in [2.45, 2.75) is 26.3 Å². The number of pyridine rings is 1. The highest BCUT2D eigenvalue weighted by Gasteiger charge is 2.23. The molecule has 1 aliphatic rings. The van der Waals surface area contributed by atoms with E-state index < -0.39 is 0 Å². The van der Waals surface area contributed by atoms with Gasteiger partial charge in [0.15, 0.2) is 5.82 Å². The first-order chi connectivity index (χ1) is 9.29. The van der Waals surface area contributed by atoms with E-state index in [4.69, 9.17) is 5.73 Å². The third-order valence-corrected chi connectivity index (χ3v) is 3.56. The van der Waals surface area contributed by atoms with Gasteiger partial charge in [-0.1, -0.05) is 13.0 Å². The Morgan fingerprint density at radius 3 is 2.90 bits per heavy atom. The van der Waals surface area contributed by atoms with E-state index in [0.717, 1.165) is 43.4 Å². The first-order valence-corrected chi connectivity index (χ1v) is 6.79. The number of halogens is 1. The molecule has 6 heteroatoms. The summed E-state index contributed by atoms with van der Waals surface area (Å²) in [5.74, 6) is 1.52. The zero-order chi connectivity index (χ0) is 13.2. The molecule has 0 unspecified atom stereocenters. The number of nitrogen functional groups attached to an aromatic ring is 1. The van der Waals surface area contributed by atoms with Crippen molar-refractivity contribution in [3.8, 4) is 5.82 Å². The molecule has 2 aromatic heterocycles. The van der Waals surface area contributed by atoms with E-state index in [9.17, 15) is 0 Å². The first kappa shape index (κ1) is 14.8. The molecule has 0 fully saturated rings. The minimum Gasteiger partial charge on any atom is -0.383 e. The molecular weight excluding hydrogens is 274 g/mol. The van der Waals surface area contributed by atoms with Crippen LogP contribution in [0.1, 0.15) is 24.6 Å². The van der Waals surface area contributed by atoms with Gasteiger partial charge >= 0.3 is 0 Å². The molecule has 0 atom stereocenters. The molecule has 5 nitrogen and oxygen atoms in total. The number of hydrogen-bond donors (Lipinski definition) is 1. The van der Waals surface area contributed by atoms with Gasteiger partial charge in [0.1, 0.15) is 5.82 Å². The Bertz CT molecular complexity index is 566. The number of nitrogens with two attached hydrogens (primary N) is 1. The highest BCUT2D eigenvalue weighted by Crippen LogP contribution is 2.25. The second-order valence-electron chi connectivity index (χ2n) is 4.94. The van der Waals surface area contributed by atoms with Gasteiger partial charge in [0.05, 0.1) is 5.69 Å². The van der Waals surface area contributed by atoms with Crippen molar-refractivity contribution in [3.63, 3.8) is 0 Å². The van der Waals surface area contributed by atoms with Crippen LogP contribution in [0, 0.1) is 0 Å². The summed E-state index contributed by atoms with van der Waals surface area (Å²) in [5.41, 5.74) is 8.54. The molecule has 0 aromatic carbocycles. The number of anilines is 1. The summed E-state index contributed by atoms with van der Waals surface area (Å²) in [4.78, 5) is 6.75. The minimum atomic E-state index is 0. The van der Waals surface area contributed by atoms with Crippen molar-refractivity contribution in [1.82, 2.24) is 19.7 Å². The molecule has 108 valence electrons. The van der Waals surface area contributed by atoms with Gasteiger partial charge in [-0.15, -0.1) is 12.4 Å². The van der Waals surface area contributed by atoms with E-state index in [0.29, 0.717) is 0 Å². The van der Waals surface area contributed by atoms with Gasteiger partial charge in [0.2, 0.25) is 0 Å². The molecule has 0 saturated carbocycles. The van der Waals surface area contributed by atoms with Gasteiger partial charge in [-0.3, -0.25) is 4.90 Å². The maximum Gasteiger partial charge on any atom is 0.155 e. The Balaban J connectivity index is 0.00000147. The van der Waals surface area contributed by atoms with Crippen LogP contribution < -0.4 is 5.73 Å². The van der Waals surface area contributed by atoms with Gasteiger partial charge in [-0.25, -0.2) is 4.98 Å². The van der Waals surface area contributed by atoms with Crippen LogP contribution in [0.4, 0.5) is 5.82 Å². The van der Waals surface area contributed by atoms with E-state index in [1.165, 1.54) is 12.0 Å². The predicted octanol–water partition coefficient (Wildman–Crippen LogP) is 2.04. The summed E-state index contributed by atoms with van der Waals surface area (Å²) in [5, 5.41) is 4.62. The third-order valence-electron chi connectivity index (χ3n) is 3.56. The van der Waals surface area contributed by atoms with E-state index in [2.05, 4.69) is 21.9 Å². The molecule has 20 heavy (non-hydrogen) atoms. The van der Waals surface area contributed by atoms with Crippen LogP contribution in [-0.4, -0.2) is 32.8 Å². The molecule has 3 rings (SSSR count). The number of nitrogens with zero attached hydrogens (tertiary/aromatic N) is 4. The lowest BCUT2D eigenvalue weighted by Gasteiger charge is -2.25. The monoisotopic (exact) mass is 293 g/mol. The molecular formula is C14H20ClN5. The summed E-state index contributed by atoms with van der Waals surface area (Å²) in [6, 6.07) is 5.77. The quantitative estimate of drug-likeness (QED) is 0.941. The van der Waals surface area contributed by atoms with Crippen molar-refractivity contribution in [1.29, 1.82) is 0 Å². The summed E-state index contributed by atoms with van der Waals surface area (Å²) in [6.45, 7) is 5.30. The fourth-order valence-corrected chi connectivity index (χ4v) is 2.61. The van der Waals surface area contributed by atoms with Gasteiger partial charge < -0.3 is 5.73 Å². The Morgan fingerprint density at radius 1 is 1.35 bits per heavy atom. The Hall–Kier alpha value is -1.59. The van der Waals surface area contributed by atoms with Crippen molar-refractivity contribution in [2.75, 3.05) is 18.8 Å². The number of rotatable bonds is 3. The maximum absolute atomic E-state index is 6.25. The van der Waals surface area contributed by atoms with Crippen LogP contribution >= 0.6 is 12.4 Å². The Morgan fingerprint density at radius 2 is 2.20 bits per heavy atom. The van der Waals surface area contributed by atoms with E-state index in [-0.39, 0.29) is 12.4 Å². The summed E-state index contributed by atoms with van der Waals surface area (Å²) in [6.07, 6.45) is 3.90. The van der Waals surface area contributed by atoms with E-state index >= 15 is 0 Å². The first-order valence-electron chi connectivity index (χ1n) is 6.79. The fourth-order valence-electron chi connectivity index (χ4n) is 2.61. The average molecular weight is 294 g/mol. The van der Waals surface area contributed by atoms with Gasteiger partial charge in [0, 0.05) is 31.3 Å². The lowest BCUT2D eigenvalue weighted by atomic mass is 10.1. The zero-order valence-corrected chi connectivity index (χ0v) is 12.4. The normalized spacial score (nSPS) is 14.7. The predicted molar refractivity (Wildman–Crippen MR) is 82.3 cm³/mol. The second kappa shape index (κ2) is 6.24. The largest absolute Gasteiger partial charge is 0.383 e. The summed E-state index contributed by atoms with van der Waals surface area (Å²) in [7, 11) is 0. The Kier molecular flexibility index (Phi) is 4.62. The zero-order valence-electron chi connectivity index (χ0n) is 11.6. The molecule has 0 amide bonds. The molecule has 2 N–H and O–H groups in total. The van der Waals surface area contributed by atoms with E-state index in [1.807, 2.05) is 18.2 Å². The molecule has 3 heterocycles. The van der Waals surface area contributed by atoms with Gasteiger partial charge in [-0.05, 0) is 25.1 Å². The van der Waals surface area contributed by atoms with Crippen molar-refractivity contribution < 1.29 is 0 Å². The molecule has 0 bridgehead atoms. The second-order valence-corrected chi connectivity index (χ2v) is 4.94. The molecule has 0 saturated heterocycles. The SMILES string of the molecule is CCCN1CCc2nn(-c3ccccn3)c(N)c2C1.Cl. The molecule has 1 aliphatic heterocycles. The maximum atomic E-state index is 6.25. The lowest BCUT2D eigenvalue weighted by molar-refractivity contribution is 0.254. The molecule has 0 radical (unpaired) electrons. The van der Waals surface area contributed by atoms with Crippen LogP contribution in [0.25, 0.3) is 5.82 Å².